The van der Waals surface area contributed by atoms with Crippen LogP contribution in [0.15, 0.2) is 24.3 Å². The predicted molar refractivity (Wildman–Crippen MR) is 88.5 cm³/mol. The molecule has 0 aliphatic carbocycles. The second-order valence-corrected chi connectivity index (χ2v) is 6.16. The van der Waals surface area contributed by atoms with Crippen molar-refractivity contribution in [1.29, 1.82) is 0 Å². The van der Waals surface area contributed by atoms with Gasteiger partial charge in [0.05, 0.1) is 25.9 Å². The van der Waals surface area contributed by atoms with Crippen LogP contribution in [0.4, 0.5) is 0 Å². The lowest BCUT2D eigenvalue weighted by Gasteiger charge is -2.25. The number of ether oxygens (including phenoxy) is 3. The van der Waals surface area contributed by atoms with E-state index in [4.69, 9.17) is 14.2 Å². The highest BCUT2D eigenvalue weighted by Crippen LogP contribution is 2.21. The second-order valence-electron chi connectivity index (χ2n) is 6.16. The highest BCUT2D eigenvalue weighted by Gasteiger charge is 2.22. The van der Waals surface area contributed by atoms with E-state index in [-0.39, 0.29) is 24.7 Å². The number of para-hydroxylation sites is 1. The number of methoxy groups -OCH3 is 1. The van der Waals surface area contributed by atoms with Crippen LogP contribution in [0.3, 0.4) is 0 Å². The molecule has 0 saturated carbocycles. The molecule has 0 amide bonds. The van der Waals surface area contributed by atoms with Gasteiger partial charge in [-0.25, -0.2) is 0 Å². The van der Waals surface area contributed by atoms with E-state index in [2.05, 4.69) is 4.90 Å². The van der Waals surface area contributed by atoms with Crippen LogP contribution in [0.2, 0.25) is 0 Å². The Balaban J connectivity index is 2.03. The summed E-state index contributed by atoms with van der Waals surface area (Å²) in [6.45, 7) is 6.16. The maximum Gasteiger partial charge on any atom is 0.320 e. The van der Waals surface area contributed by atoms with E-state index in [9.17, 15) is 4.79 Å². The van der Waals surface area contributed by atoms with Crippen molar-refractivity contribution in [3.05, 3.63) is 29.8 Å². The van der Waals surface area contributed by atoms with Gasteiger partial charge in [-0.05, 0) is 32.8 Å². The summed E-state index contributed by atoms with van der Waals surface area (Å²) in [6, 6.07) is 7.88. The van der Waals surface area contributed by atoms with Gasteiger partial charge in [0.25, 0.3) is 0 Å². The summed E-state index contributed by atoms with van der Waals surface area (Å²) in [7, 11) is 1.66. The number of nitrogens with zero attached hydrogens (tertiary/aromatic N) is 1. The van der Waals surface area contributed by atoms with Gasteiger partial charge < -0.3 is 14.2 Å². The van der Waals surface area contributed by atoms with Gasteiger partial charge in [-0.1, -0.05) is 18.2 Å². The van der Waals surface area contributed by atoms with Crippen LogP contribution >= 0.6 is 0 Å². The zero-order valence-corrected chi connectivity index (χ0v) is 14.3. The molecule has 128 valence electrons. The summed E-state index contributed by atoms with van der Waals surface area (Å²) in [5, 5.41) is 0. The maximum atomic E-state index is 12.0. The Bertz CT molecular complexity index is 498. The molecule has 1 aliphatic heterocycles. The third kappa shape index (κ3) is 5.84. The molecule has 0 aromatic heterocycles. The van der Waals surface area contributed by atoms with Crippen LogP contribution in [-0.4, -0.2) is 49.9 Å². The molecule has 1 aliphatic rings. The molecule has 5 nitrogen and oxygen atoms in total. The Labute approximate surface area is 138 Å². The monoisotopic (exact) mass is 321 g/mol. The minimum atomic E-state index is -0.201. The van der Waals surface area contributed by atoms with Crippen molar-refractivity contribution in [2.24, 2.45) is 0 Å². The number of hydrogen-bond acceptors (Lipinski definition) is 5. The van der Waals surface area contributed by atoms with Crippen molar-refractivity contribution in [1.82, 2.24) is 4.90 Å². The SMILES string of the molecule is COc1ccccc1CN(CC(=O)OC(C)C)CC1CCCO1. The second kappa shape index (κ2) is 8.89. The van der Waals surface area contributed by atoms with Crippen molar-refractivity contribution < 1.29 is 19.0 Å². The Morgan fingerprint density at radius 1 is 1.39 bits per heavy atom. The molecule has 0 spiro atoms. The van der Waals surface area contributed by atoms with E-state index in [0.29, 0.717) is 6.54 Å². The molecule has 0 N–H and O–H groups in total. The molecule has 5 heteroatoms. The average Bonchev–Trinajstić information content (AvgIpc) is 2.99. The first-order valence-corrected chi connectivity index (χ1v) is 8.24. The highest BCUT2D eigenvalue weighted by molar-refractivity contribution is 5.71. The maximum absolute atomic E-state index is 12.0. The molecule has 1 atom stereocenters. The summed E-state index contributed by atoms with van der Waals surface area (Å²) >= 11 is 0. The fourth-order valence-electron chi connectivity index (χ4n) is 2.82. The van der Waals surface area contributed by atoms with Gasteiger partial charge in [-0.15, -0.1) is 0 Å². The van der Waals surface area contributed by atoms with Crippen molar-refractivity contribution in [3.63, 3.8) is 0 Å². The Morgan fingerprint density at radius 3 is 2.83 bits per heavy atom. The number of esters is 1. The van der Waals surface area contributed by atoms with Gasteiger partial charge in [0.2, 0.25) is 0 Å². The fourth-order valence-corrected chi connectivity index (χ4v) is 2.82. The van der Waals surface area contributed by atoms with Crippen LogP contribution in [-0.2, 0) is 20.8 Å². The molecule has 0 bridgehead atoms. The van der Waals surface area contributed by atoms with Gasteiger partial charge in [0.1, 0.15) is 5.75 Å². The third-order valence-corrected chi connectivity index (χ3v) is 3.79. The van der Waals surface area contributed by atoms with E-state index in [1.54, 1.807) is 7.11 Å². The molecular weight excluding hydrogens is 294 g/mol. The summed E-state index contributed by atoms with van der Waals surface area (Å²) in [5.41, 5.74) is 1.06. The van der Waals surface area contributed by atoms with E-state index in [0.717, 1.165) is 37.3 Å². The van der Waals surface area contributed by atoms with Crippen molar-refractivity contribution in [2.45, 2.75) is 45.4 Å². The number of benzene rings is 1. The first-order valence-electron chi connectivity index (χ1n) is 8.24. The van der Waals surface area contributed by atoms with Gasteiger partial charge >= 0.3 is 5.97 Å². The Hall–Kier alpha value is -1.59. The number of rotatable bonds is 8. The number of carbonyl (C=O) groups is 1. The molecular formula is C18H27NO4. The molecule has 1 aromatic carbocycles. The van der Waals surface area contributed by atoms with Crippen molar-refractivity contribution in [3.8, 4) is 5.75 Å². The van der Waals surface area contributed by atoms with Crippen LogP contribution < -0.4 is 4.74 Å². The topological polar surface area (TPSA) is 48.0 Å². The smallest absolute Gasteiger partial charge is 0.320 e. The first kappa shape index (κ1) is 17.8. The minimum absolute atomic E-state index is 0.0988. The molecule has 1 unspecified atom stereocenters. The van der Waals surface area contributed by atoms with Crippen LogP contribution in [0.1, 0.15) is 32.3 Å². The molecule has 1 aromatic rings. The zero-order valence-electron chi connectivity index (χ0n) is 14.3. The molecule has 1 fully saturated rings. The lowest BCUT2D eigenvalue weighted by molar-refractivity contribution is -0.149. The summed E-state index contributed by atoms with van der Waals surface area (Å²) in [4.78, 5) is 14.1. The third-order valence-electron chi connectivity index (χ3n) is 3.79. The van der Waals surface area contributed by atoms with E-state index >= 15 is 0 Å². The fraction of sp³-hybridized carbons (Fsp3) is 0.611. The molecule has 2 rings (SSSR count). The summed E-state index contributed by atoms with van der Waals surface area (Å²) in [6.07, 6.45) is 2.22. The molecule has 0 radical (unpaired) electrons. The predicted octanol–water partition coefficient (Wildman–Crippen LogP) is 2.63. The lowest BCUT2D eigenvalue weighted by atomic mass is 10.1. The van der Waals surface area contributed by atoms with Gasteiger partial charge in [0.15, 0.2) is 0 Å². The first-order chi connectivity index (χ1) is 11.1. The van der Waals surface area contributed by atoms with Crippen molar-refractivity contribution in [2.75, 3.05) is 26.8 Å². The van der Waals surface area contributed by atoms with E-state index < -0.39 is 0 Å². The number of hydrogen-bond donors (Lipinski definition) is 0. The normalized spacial score (nSPS) is 17.7. The van der Waals surface area contributed by atoms with Gasteiger partial charge in [-0.2, -0.15) is 0 Å². The zero-order chi connectivity index (χ0) is 16.7. The highest BCUT2D eigenvalue weighted by atomic mass is 16.5. The standard InChI is InChI=1S/C18H27NO4/c1-14(2)23-18(20)13-19(12-16-8-6-10-22-16)11-15-7-4-5-9-17(15)21-3/h4-5,7,9,14,16H,6,8,10-13H2,1-3H3. The van der Waals surface area contributed by atoms with Gasteiger partial charge in [-0.3, -0.25) is 9.69 Å². The van der Waals surface area contributed by atoms with Crippen LogP contribution in [0.25, 0.3) is 0 Å². The average molecular weight is 321 g/mol. The summed E-state index contributed by atoms with van der Waals surface area (Å²) in [5.74, 6) is 0.634. The lowest BCUT2D eigenvalue weighted by Crippen LogP contribution is -2.37. The molecule has 23 heavy (non-hydrogen) atoms. The van der Waals surface area contributed by atoms with Crippen LogP contribution in [0.5, 0.6) is 5.75 Å². The Morgan fingerprint density at radius 2 is 2.17 bits per heavy atom. The van der Waals surface area contributed by atoms with Gasteiger partial charge in [0, 0.05) is 25.3 Å². The van der Waals surface area contributed by atoms with Crippen LogP contribution in [0, 0.1) is 0 Å². The largest absolute Gasteiger partial charge is 0.496 e. The quantitative estimate of drug-likeness (QED) is 0.689. The molecule has 1 saturated heterocycles. The summed E-state index contributed by atoms with van der Waals surface area (Å²) < 4.78 is 16.4. The van der Waals surface area contributed by atoms with E-state index in [1.165, 1.54) is 0 Å². The van der Waals surface area contributed by atoms with Crippen molar-refractivity contribution >= 4 is 5.97 Å². The minimum Gasteiger partial charge on any atom is -0.496 e. The molecule has 1 heterocycles. The van der Waals surface area contributed by atoms with E-state index in [1.807, 2.05) is 38.1 Å². The number of carbonyl (C=O) groups excluding carboxylic acids is 1. The Kier molecular flexibility index (Phi) is 6.86.